The lowest BCUT2D eigenvalue weighted by atomic mass is 9.96. The lowest BCUT2D eigenvalue weighted by Crippen LogP contribution is -2.37. The van der Waals surface area contributed by atoms with E-state index >= 15 is 0 Å². The van der Waals surface area contributed by atoms with Gasteiger partial charge in [-0.25, -0.2) is 0 Å². The Morgan fingerprint density at radius 3 is 2.89 bits per heavy atom. The molecule has 2 aliphatic carbocycles. The lowest BCUT2D eigenvalue weighted by Gasteiger charge is -2.16. The minimum Gasteiger partial charge on any atom is -0.328 e. The molecule has 2 aliphatic rings. The number of carbonyl (C=O) groups is 1. The van der Waals surface area contributed by atoms with Crippen molar-refractivity contribution in [1.82, 2.24) is 5.32 Å². The first-order chi connectivity index (χ1) is 9.15. The number of fused-ring (bicyclic) bond motifs is 3. The number of allylic oxidation sites excluding steroid dienone is 4. The molecule has 96 valence electrons. The van der Waals surface area contributed by atoms with Gasteiger partial charge in [-0.1, -0.05) is 30.3 Å². The van der Waals surface area contributed by atoms with Gasteiger partial charge in [0.15, 0.2) is 0 Å². The van der Waals surface area contributed by atoms with Crippen LogP contribution < -0.4 is 11.1 Å². The molecule has 0 unspecified atom stereocenters. The average molecular weight is 252 g/mol. The summed E-state index contributed by atoms with van der Waals surface area (Å²) in [4.78, 5) is 11.6. The van der Waals surface area contributed by atoms with Crippen LogP contribution in [-0.2, 0) is 4.79 Å². The molecule has 3 rings (SSSR count). The van der Waals surface area contributed by atoms with Gasteiger partial charge in [0.25, 0.3) is 0 Å². The second-order valence-corrected chi connectivity index (χ2v) is 4.96. The molecule has 0 fully saturated rings. The summed E-state index contributed by atoms with van der Waals surface area (Å²) >= 11 is 0. The van der Waals surface area contributed by atoms with Crippen molar-refractivity contribution in [2.75, 3.05) is 0 Å². The third-order valence-corrected chi connectivity index (χ3v) is 3.43. The standard InChI is InChI=1S/C16H16N2O/c1-10(17)16(19)18-13-6-7-15-12(9-13)8-11-4-2-3-5-14(11)15/h2-5,7-10H,6,17H2,1H3,(H,18,19)/t10-/m0/s1. The van der Waals surface area contributed by atoms with Gasteiger partial charge in [-0.2, -0.15) is 0 Å². The summed E-state index contributed by atoms with van der Waals surface area (Å²) in [6, 6.07) is 7.84. The third kappa shape index (κ3) is 2.13. The highest BCUT2D eigenvalue weighted by molar-refractivity contribution is 5.98. The third-order valence-electron chi connectivity index (χ3n) is 3.43. The summed E-state index contributed by atoms with van der Waals surface area (Å²) in [6.07, 6.45) is 7.09. The average Bonchev–Trinajstić information content (AvgIpc) is 2.76. The number of benzene rings is 1. The Balaban J connectivity index is 1.86. The Bertz CT molecular complexity index is 636. The normalized spacial score (nSPS) is 17.7. The zero-order chi connectivity index (χ0) is 13.4. The van der Waals surface area contributed by atoms with Crippen LogP contribution in [0, 0.1) is 0 Å². The fourth-order valence-electron chi connectivity index (χ4n) is 2.43. The topological polar surface area (TPSA) is 55.1 Å². The Morgan fingerprint density at radius 2 is 2.11 bits per heavy atom. The Kier molecular flexibility index (Phi) is 2.84. The van der Waals surface area contributed by atoms with Gasteiger partial charge in [-0.15, -0.1) is 0 Å². The molecular weight excluding hydrogens is 236 g/mol. The second-order valence-electron chi connectivity index (χ2n) is 4.96. The van der Waals surface area contributed by atoms with Crippen LogP contribution in [0.4, 0.5) is 0 Å². The van der Waals surface area contributed by atoms with E-state index in [4.69, 9.17) is 5.73 Å². The van der Waals surface area contributed by atoms with E-state index in [0.717, 1.165) is 17.7 Å². The number of rotatable bonds is 2. The van der Waals surface area contributed by atoms with Crippen molar-refractivity contribution in [1.29, 1.82) is 0 Å². The molecule has 3 nitrogen and oxygen atoms in total. The number of hydrogen-bond donors (Lipinski definition) is 2. The Labute approximate surface area is 112 Å². The summed E-state index contributed by atoms with van der Waals surface area (Å²) in [5, 5.41) is 2.87. The van der Waals surface area contributed by atoms with Crippen LogP contribution in [0.5, 0.6) is 0 Å². The van der Waals surface area contributed by atoms with Gasteiger partial charge in [-0.3, -0.25) is 4.79 Å². The van der Waals surface area contributed by atoms with Crippen molar-refractivity contribution < 1.29 is 4.79 Å². The SMILES string of the molecule is C[C@H](N)C(=O)NC1=CC2=Cc3ccccc3C2=CC1. The van der Waals surface area contributed by atoms with Crippen molar-refractivity contribution in [2.45, 2.75) is 19.4 Å². The van der Waals surface area contributed by atoms with E-state index in [-0.39, 0.29) is 5.91 Å². The van der Waals surface area contributed by atoms with Crippen molar-refractivity contribution >= 4 is 17.6 Å². The van der Waals surface area contributed by atoms with Gasteiger partial charge in [0, 0.05) is 12.1 Å². The summed E-state index contributed by atoms with van der Waals surface area (Å²) in [5.41, 5.74) is 11.4. The molecule has 0 radical (unpaired) electrons. The zero-order valence-electron chi connectivity index (χ0n) is 10.8. The molecule has 0 bridgehead atoms. The maximum absolute atomic E-state index is 11.6. The fourth-order valence-corrected chi connectivity index (χ4v) is 2.43. The van der Waals surface area contributed by atoms with E-state index in [1.54, 1.807) is 6.92 Å². The minimum absolute atomic E-state index is 0.140. The van der Waals surface area contributed by atoms with Gasteiger partial charge >= 0.3 is 0 Å². The number of carbonyl (C=O) groups excluding carboxylic acids is 1. The van der Waals surface area contributed by atoms with Gasteiger partial charge in [0.05, 0.1) is 6.04 Å². The van der Waals surface area contributed by atoms with Gasteiger partial charge in [-0.05, 0) is 41.3 Å². The molecule has 0 heterocycles. The number of nitrogens with two attached hydrogens (primary N) is 1. The van der Waals surface area contributed by atoms with E-state index in [1.165, 1.54) is 16.7 Å². The Hall–Kier alpha value is -2.13. The molecule has 0 saturated carbocycles. The highest BCUT2D eigenvalue weighted by Crippen LogP contribution is 2.39. The molecule has 1 amide bonds. The summed E-state index contributed by atoms with van der Waals surface area (Å²) < 4.78 is 0. The maximum Gasteiger partial charge on any atom is 0.240 e. The van der Waals surface area contributed by atoms with Crippen molar-refractivity contribution in [3.8, 4) is 0 Å². The summed E-state index contributed by atoms with van der Waals surface area (Å²) in [7, 11) is 0. The van der Waals surface area contributed by atoms with Crippen LogP contribution in [0.1, 0.15) is 24.5 Å². The molecule has 0 aromatic heterocycles. The van der Waals surface area contributed by atoms with Gasteiger partial charge < -0.3 is 11.1 Å². The van der Waals surface area contributed by atoms with Crippen LogP contribution in [0.2, 0.25) is 0 Å². The molecule has 1 aromatic carbocycles. The highest BCUT2D eigenvalue weighted by atomic mass is 16.2. The van der Waals surface area contributed by atoms with E-state index < -0.39 is 6.04 Å². The molecule has 3 N–H and O–H groups in total. The maximum atomic E-state index is 11.6. The lowest BCUT2D eigenvalue weighted by molar-refractivity contribution is -0.121. The first-order valence-electron chi connectivity index (χ1n) is 6.44. The van der Waals surface area contributed by atoms with E-state index in [1.807, 2.05) is 18.2 Å². The molecule has 0 saturated heterocycles. The second kappa shape index (κ2) is 4.52. The first kappa shape index (κ1) is 11.9. The van der Waals surface area contributed by atoms with Crippen LogP contribution >= 0.6 is 0 Å². The molecule has 0 aliphatic heterocycles. The van der Waals surface area contributed by atoms with Crippen LogP contribution in [0.25, 0.3) is 11.6 Å². The predicted octanol–water partition coefficient (Wildman–Crippen LogP) is 2.22. The zero-order valence-corrected chi connectivity index (χ0v) is 10.8. The Morgan fingerprint density at radius 1 is 1.32 bits per heavy atom. The smallest absolute Gasteiger partial charge is 0.240 e. The molecule has 3 heteroatoms. The monoisotopic (exact) mass is 252 g/mol. The number of hydrogen-bond acceptors (Lipinski definition) is 2. The van der Waals surface area contributed by atoms with Crippen molar-refractivity contribution in [3.05, 3.63) is 58.8 Å². The van der Waals surface area contributed by atoms with Gasteiger partial charge in [0.1, 0.15) is 0 Å². The van der Waals surface area contributed by atoms with E-state index in [2.05, 4.69) is 29.6 Å². The minimum atomic E-state index is -0.485. The molecule has 19 heavy (non-hydrogen) atoms. The van der Waals surface area contributed by atoms with Crippen LogP contribution in [0.15, 0.2) is 47.7 Å². The molecule has 1 atom stereocenters. The molecular formula is C16H16N2O. The summed E-state index contributed by atoms with van der Waals surface area (Å²) in [6.45, 7) is 1.69. The van der Waals surface area contributed by atoms with Crippen molar-refractivity contribution in [2.24, 2.45) is 5.73 Å². The van der Waals surface area contributed by atoms with Crippen molar-refractivity contribution in [3.63, 3.8) is 0 Å². The first-order valence-corrected chi connectivity index (χ1v) is 6.44. The quantitative estimate of drug-likeness (QED) is 0.848. The number of nitrogens with one attached hydrogen (secondary N) is 1. The molecule has 0 spiro atoms. The van der Waals surface area contributed by atoms with E-state index in [9.17, 15) is 4.79 Å². The largest absolute Gasteiger partial charge is 0.328 e. The summed E-state index contributed by atoms with van der Waals surface area (Å²) in [5.74, 6) is -0.140. The number of amides is 1. The van der Waals surface area contributed by atoms with Gasteiger partial charge in [0.2, 0.25) is 5.91 Å². The van der Waals surface area contributed by atoms with E-state index in [0.29, 0.717) is 0 Å². The van der Waals surface area contributed by atoms with Crippen LogP contribution in [-0.4, -0.2) is 11.9 Å². The van der Waals surface area contributed by atoms with Crippen LogP contribution in [0.3, 0.4) is 0 Å². The molecule has 1 aromatic rings. The highest BCUT2D eigenvalue weighted by Gasteiger charge is 2.21. The fraction of sp³-hybridized carbons (Fsp3) is 0.188. The predicted molar refractivity (Wildman–Crippen MR) is 76.9 cm³/mol.